The number of amides is 2. The van der Waals surface area contributed by atoms with Crippen molar-refractivity contribution in [1.82, 2.24) is 10.2 Å². The summed E-state index contributed by atoms with van der Waals surface area (Å²) in [6.07, 6.45) is 0.738. The van der Waals surface area contributed by atoms with Gasteiger partial charge in [0.2, 0.25) is 11.8 Å². The third-order valence-electron chi connectivity index (χ3n) is 6.70. The van der Waals surface area contributed by atoms with Gasteiger partial charge in [0.05, 0.1) is 10.6 Å². The SMILES string of the molecule is CC[C@H](C)NC(=O)[C@@H](C)N(Cc1ccc(C)cc1)C(=O)CN(c1ccc(C)c(Cl)c1)S(=O)(=O)c1ccccc1. The number of hydrogen-bond acceptors (Lipinski definition) is 4. The third-order valence-corrected chi connectivity index (χ3v) is 8.89. The highest BCUT2D eigenvalue weighted by Crippen LogP contribution is 2.28. The number of carbonyl (C=O) groups excluding carboxylic acids is 2. The zero-order valence-electron chi connectivity index (χ0n) is 23.0. The summed E-state index contributed by atoms with van der Waals surface area (Å²) in [7, 11) is -4.13. The maximum absolute atomic E-state index is 13.9. The monoisotopic (exact) mass is 569 g/mol. The lowest BCUT2D eigenvalue weighted by molar-refractivity contribution is -0.139. The minimum absolute atomic E-state index is 0.0437. The molecule has 0 saturated heterocycles. The van der Waals surface area contributed by atoms with Gasteiger partial charge in [-0.2, -0.15) is 0 Å². The Bertz CT molecular complexity index is 1400. The highest BCUT2D eigenvalue weighted by Gasteiger charge is 2.33. The number of carbonyl (C=O) groups is 2. The molecule has 7 nitrogen and oxygen atoms in total. The molecule has 3 aromatic carbocycles. The van der Waals surface area contributed by atoms with E-state index < -0.39 is 28.5 Å². The van der Waals surface area contributed by atoms with Crippen LogP contribution in [0.1, 0.15) is 43.9 Å². The number of aryl methyl sites for hydroxylation is 2. The van der Waals surface area contributed by atoms with Crippen LogP contribution in [-0.2, 0) is 26.2 Å². The number of sulfonamides is 1. The summed E-state index contributed by atoms with van der Waals surface area (Å²) in [4.78, 5) is 28.5. The van der Waals surface area contributed by atoms with Crippen LogP contribution in [0.15, 0.2) is 77.7 Å². The fourth-order valence-electron chi connectivity index (χ4n) is 3.92. The van der Waals surface area contributed by atoms with Crippen LogP contribution in [0.25, 0.3) is 0 Å². The first-order valence-corrected chi connectivity index (χ1v) is 14.7. The highest BCUT2D eigenvalue weighted by atomic mass is 35.5. The van der Waals surface area contributed by atoms with E-state index in [2.05, 4.69) is 5.32 Å². The van der Waals surface area contributed by atoms with Crippen molar-refractivity contribution in [3.8, 4) is 0 Å². The molecule has 0 saturated carbocycles. The van der Waals surface area contributed by atoms with Crippen molar-refractivity contribution in [2.24, 2.45) is 0 Å². The van der Waals surface area contributed by atoms with Crippen molar-refractivity contribution in [3.05, 3.63) is 94.5 Å². The first-order chi connectivity index (χ1) is 18.4. The Morgan fingerprint density at radius 3 is 2.18 bits per heavy atom. The average Bonchev–Trinajstić information content (AvgIpc) is 2.92. The summed E-state index contributed by atoms with van der Waals surface area (Å²) < 4.78 is 28.7. The van der Waals surface area contributed by atoms with Crippen LogP contribution in [0.2, 0.25) is 5.02 Å². The lowest BCUT2D eigenvalue weighted by atomic mass is 10.1. The van der Waals surface area contributed by atoms with Gasteiger partial charge in [0.15, 0.2) is 0 Å². The largest absolute Gasteiger partial charge is 0.352 e. The van der Waals surface area contributed by atoms with E-state index in [0.29, 0.717) is 5.02 Å². The van der Waals surface area contributed by atoms with E-state index in [1.165, 1.54) is 23.1 Å². The quantitative estimate of drug-likeness (QED) is 0.331. The number of halogens is 1. The minimum Gasteiger partial charge on any atom is -0.352 e. The Hall–Kier alpha value is -3.36. The molecule has 208 valence electrons. The minimum atomic E-state index is -4.13. The number of nitrogens with zero attached hydrogens (tertiary/aromatic N) is 2. The predicted octanol–water partition coefficient (Wildman–Crippen LogP) is 5.48. The maximum atomic E-state index is 13.9. The summed E-state index contributed by atoms with van der Waals surface area (Å²) >= 11 is 6.36. The van der Waals surface area contributed by atoms with Crippen molar-refractivity contribution in [1.29, 1.82) is 0 Å². The molecule has 0 aromatic heterocycles. The number of nitrogens with one attached hydrogen (secondary N) is 1. The third kappa shape index (κ3) is 7.61. The van der Waals surface area contributed by atoms with Gasteiger partial charge in [-0.05, 0) is 69.5 Å². The molecule has 0 heterocycles. The Kier molecular flexibility index (Phi) is 10.2. The lowest BCUT2D eigenvalue weighted by Gasteiger charge is -2.32. The molecule has 0 aliphatic rings. The van der Waals surface area contributed by atoms with Crippen LogP contribution in [0.3, 0.4) is 0 Å². The van der Waals surface area contributed by atoms with Gasteiger partial charge in [0.1, 0.15) is 12.6 Å². The Labute approximate surface area is 236 Å². The van der Waals surface area contributed by atoms with Gasteiger partial charge in [-0.15, -0.1) is 0 Å². The van der Waals surface area contributed by atoms with Gasteiger partial charge in [-0.25, -0.2) is 8.42 Å². The molecule has 3 aromatic rings. The van der Waals surface area contributed by atoms with Gasteiger partial charge in [0.25, 0.3) is 10.0 Å². The van der Waals surface area contributed by atoms with Gasteiger partial charge < -0.3 is 10.2 Å². The second-order valence-corrected chi connectivity index (χ2v) is 12.0. The lowest BCUT2D eigenvalue weighted by Crippen LogP contribution is -2.52. The predicted molar refractivity (Wildman–Crippen MR) is 156 cm³/mol. The zero-order valence-corrected chi connectivity index (χ0v) is 24.6. The van der Waals surface area contributed by atoms with Crippen LogP contribution in [-0.4, -0.2) is 43.8 Å². The van der Waals surface area contributed by atoms with E-state index >= 15 is 0 Å². The van der Waals surface area contributed by atoms with E-state index in [4.69, 9.17) is 11.6 Å². The Morgan fingerprint density at radius 1 is 0.949 bits per heavy atom. The second kappa shape index (κ2) is 13.1. The van der Waals surface area contributed by atoms with Crippen LogP contribution >= 0.6 is 11.6 Å². The molecular formula is C30H36ClN3O4S. The molecule has 2 amide bonds. The van der Waals surface area contributed by atoms with Crippen LogP contribution in [0.4, 0.5) is 5.69 Å². The molecule has 2 atom stereocenters. The number of hydrogen-bond donors (Lipinski definition) is 1. The topological polar surface area (TPSA) is 86.8 Å². The number of anilines is 1. The number of rotatable bonds is 11. The normalized spacial score (nSPS) is 12.9. The van der Waals surface area contributed by atoms with E-state index in [1.807, 2.05) is 52.0 Å². The molecule has 0 aliphatic heterocycles. The van der Waals surface area contributed by atoms with Crippen molar-refractivity contribution < 1.29 is 18.0 Å². The molecule has 0 spiro atoms. The van der Waals surface area contributed by atoms with Crippen LogP contribution in [0, 0.1) is 13.8 Å². The van der Waals surface area contributed by atoms with Crippen LogP contribution < -0.4 is 9.62 Å². The van der Waals surface area contributed by atoms with E-state index in [-0.39, 0.29) is 29.1 Å². The molecule has 0 bridgehead atoms. The number of benzene rings is 3. The molecule has 9 heteroatoms. The Morgan fingerprint density at radius 2 is 1.59 bits per heavy atom. The van der Waals surface area contributed by atoms with E-state index in [0.717, 1.165) is 27.4 Å². The van der Waals surface area contributed by atoms with E-state index in [1.54, 1.807) is 37.3 Å². The zero-order chi connectivity index (χ0) is 28.7. The molecule has 0 fully saturated rings. The smallest absolute Gasteiger partial charge is 0.264 e. The molecule has 3 rings (SSSR count). The Balaban J connectivity index is 2.03. The van der Waals surface area contributed by atoms with Gasteiger partial charge in [0, 0.05) is 17.6 Å². The molecule has 39 heavy (non-hydrogen) atoms. The second-order valence-electron chi connectivity index (χ2n) is 9.76. The van der Waals surface area contributed by atoms with Crippen molar-refractivity contribution in [2.45, 2.75) is 64.6 Å². The molecule has 0 aliphatic carbocycles. The highest BCUT2D eigenvalue weighted by molar-refractivity contribution is 7.92. The standard InChI is InChI=1S/C30H36ClN3O4S/c1-6-23(4)32-30(36)24(5)33(19-25-15-12-21(2)13-16-25)29(35)20-34(26-17-14-22(3)28(31)18-26)39(37,38)27-10-8-7-9-11-27/h7-18,23-24H,6,19-20H2,1-5H3,(H,32,36)/t23-,24+/m0/s1. The average molecular weight is 570 g/mol. The maximum Gasteiger partial charge on any atom is 0.264 e. The summed E-state index contributed by atoms with van der Waals surface area (Å²) in [6.45, 7) is 8.92. The molecule has 1 N–H and O–H groups in total. The summed E-state index contributed by atoms with van der Waals surface area (Å²) in [5.41, 5.74) is 2.93. The van der Waals surface area contributed by atoms with Crippen molar-refractivity contribution in [3.63, 3.8) is 0 Å². The van der Waals surface area contributed by atoms with Gasteiger partial charge in [-0.1, -0.05) is 72.6 Å². The molecule has 0 radical (unpaired) electrons. The van der Waals surface area contributed by atoms with Crippen molar-refractivity contribution >= 4 is 39.1 Å². The molecular weight excluding hydrogens is 534 g/mol. The first kappa shape index (κ1) is 30.2. The fraction of sp³-hybridized carbons (Fsp3) is 0.333. The van der Waals surface area contributed by atoms with E-state index in [9.17, 15) is 18.0 Å². The van der Waals surface area contributed by atoms with Crippen molar-refractivity contribution in [2.75, 3.05) is 10.8 Å². The van der Waals surface area contributed by atoms with Crippen LogP contribution in [0.5, 0.6) is 0 Å². The first-order valence-electron chi connectivity index (χ1n) is 12.9. The fourth-order valence-corrected chi connectivity index (χ4v) is 5.53. The van der Waals surface area contributed by atoms with Gasteiger partial charge >= 0.3 is 0 Å². The summed E-state index contributed by atoms with van der Waals surface area (Å²) in [6, 6.07) is 19.6. The summed E-state index contributed by atoms with van der Waals surface area (Å²) in [5, 5.41) is 3.31. The van der Waals surface area contributed by atoms with Gasteiger partial charge in [-0.3, -0.25) is 13.9 Å². The molecule has 0 unspecified atom stereocenters. The summed E-state index contributed by atoms with van der Waals surface area (Å²) in [5.74, 6) is -0.820.